The summed E-state index contributed by atoms with van der Waals surface area (Å²) in [5.74, 6) is 0.314. The summed E-state index contributed by atoms with van der Waals surface area (Å²) in [7, 11) is 0. The van der Waals surface area contributed by atoms with Gasteiger partial charge in [0.2, 0.25) is 0 Å². The number of amides is 1. The molecule has 2 aromatic rings. The third kappa shape index (κ3) is 2.95. The minimum atomic E-state index is -0.361. The first-order valence-electron chi connectivity index (χ1n) is 8.57. The summed E-state index contributed by atoms with van der Waals surface area (Å²) in [6, 6.07) is 18.9. The van der Waals surface area contributed by atoms with Gasteiger partial charge < -0.3 is 15.0 Å². The van der Waals surface area contributed by atoms with Crippen LogP contribution in [-0.2, 0) is 16.1 Å². The van der Waals surface area contributed by atoms with E-state index in [0.29, 0.717) is 26.2 Å². The number of nitrogens with zero attached hydrogens (tertiary/aromatic N) is 1. The highest BCUT2D eigenvalue weighted by molar-refractivity contribution is 5.82. The molecule has 0 spiro atoms. The Morgan fingerprint density at radius 1 is 1.08 bits per heavy atom. The first-order chi connectivity index (χ1) is 11.8. The lowest BCUT2D eigenvalue weighted by atomic mass is 9.84. The maximum atomic E-state index is 12.9. The number of rotatable bonds is 2. The smallest absolute Gasteiger partial charge is 0.253 e. The molecule has 1 N–H and O–H groups in total. The number of morpholine rings is 1. The predicted molar refractivity (Wildman–Crippen MR) is 92.8 cm³/mol. The van der Waals surface area contributed by atoms with Crippen LogP contribution in [0.5, 0.6) is 0 Å². The molecule has 1 fully saturated rings. The largest absolute Gasteiger partial charge is 0.366 e. The molecule has 2 aliphatic heterocycles. The molecule has 2 atom stereocenters. The van der Waals surface area contributed by atoms with E-state index in [1.54, 1.807) is 0 Å². The second-order valence-electron chi connectivity index (χ2n) is 6.44. The number of carbonyl (C=O) groups excluding carboxylic acids is 1. The summed E-state index contributed by atoms with van der Waals surface area (Å²) in [6.07, 6.45) is -0.361. The van der Waals surface area contributed by atoms with E-state index in [1.807, 2.05) is 17.0 Å². The van der Waals surface area contributed by atoms with Crippen molar-refractivity contribution in [1.29, 1.82) is 0 Å². The molecule has 4 nitrogen and oxygen atoms in total. The van der Waals surface area contributed by atoms with Gasteiger partial charge >= 0.3 is 0 Å². The predicted octanol–water partition coefficient (Wildman–Crippen LogP) is 2.15. The fraction of sp³-hybridized carbons (Fsp3) is 0.350. The van der Waals surface area contributed by atoms with Gasteiger partial charge in [-0.2, -0.15) is 0 Å². The van der Waals surface area contributed by atoms with Gasteiger partial charge in [0.25, 0.3) is 5.91 Å². The van der Waals surface area contributed by atoms with Crippen molar-refractivity contribution in [1.82, 2.24) is 10.2 Å². The number of carbonyl (C=O) groups is 1. The summed E-state index contributed by atoms with van der Waals surface area (Å²) in [6.45, 7) is 3.40. The van der Waals surface area contributed by atoms with Crippen LogP contribution in [0.2, 0.25) is 0 Å². The number of fused-ring (bicyclic) bond motifs is 1. The lowest BCUT2D eigenvalue weighted by Gasteiger charge is -2.37. The molecule has 2 aromatic carbocycles. The van der Waals surface area contributed by atoms with Gasteiger partial charge in [0, 0.05) is 32.1 Å². The monoisotopic (exact) mass is 322 g/mol. The molecule has 0 saturated carbocycles. The zero-order valence-corrected chi connectivity index (χ0v) is 13.7. The third-order valence-corrected chi connectivity index (χ3v) is 4.91. The summed E-state index contributed by atoms with van der Waals surface area (Å²) in [4.78, 5) is 14.9. The van der Waals surface area contributed by atoms with E-state index < -0.39 is 0 Å². The minimum Gasteiger partial charge on any atom is -0.366 e. The number of benzene rings is 2. The molecule has 0 radical (unpaired) electrons. The van der Waals surface area contributed by atoms with Crippen LogP contribution in [0.1, 0.15) is 22.6 Å². The second-order valence-corrected chi connectivity index (χ2v) is 6.44. The summed E-state index contributed by atoms with van der Waals surface area (Å²) < 4.78 is 5.67. The van der Waals surface area contributed by atoms with E-state index in [9.17, 15) is 4.79 Å². The zero-order chi connectivity index (χ0) is 16.4. The molecule has 0 bridgehead atoms. The molecular weight excluding hydrogens is 300 g/mol. The molecule has 1 amide bonds. The molecule has 2 aliphatic rings. The average molecular weight is 322 g/mol. The Bertz CT molecular complexity index is 711. The molecule has 4 rings (SSSR count). The molecule has 0 aliphatic carbocycles. The van der Waals surface area contributed by atoms with E-state index in [0.717, 1.165) is 6.54 Å². The molecule has 0 aromatic heterocycles. The standard InChI is InChI=1S/C20H22N2O2/c23-20(19-12-21-10-11-24-19)22-13-16-8-4-5-9-17(16)18(14-22)15-6-2-1-3-7-15/h1-9,18-19,21H,10-14H2. The topological polar surface area (TPSA) is 41.6 Å². The molecule has 1 saturated heterocycles. The second kappa shape index (κ2) is 6.75. The maximum absolute atomic E-state index is 12.9. The Hall–Kier alpha value is -2.17. The minimum absolute atomic E-state index is 0.0950. The van der Waals surface area contributed by atoms with Crippen molar-refractivity contribution in [3.63, 3.8) is 0 Å². The van der Waals surface area contributed by atoms with Crippen LogP contribution < -0.4 is 5.32 Å². The first kappa shape index (κ1) is 15.4. The summed E-state index contributed by atoms with van der Waals surface area (Å²) in [5, 5.41) is 3.24. The van der Waals surface area contributed by atoms with Crippen molar-refractivity contribution >= 4 is 5.91 Å². The normalized spacial score (nSPS) is 23.6. The van der Waals surface area contributed by atoms with E-state index in [4.69, 9.17) is 4.74 Å². The Balaban J connectivity index is 1.64. The zero-order valence-electron chi connectivity index (χ0n) is 13.7. The van der Waals surface area contributed by atoms with Crippen LogP contribution in [0.4, 0.5) is 0 Å². The Labute approximate surface area is 142 Å². The average Bonchev–Trinajstić information content (AvgIpc) is 2.68. The molecule has 4 heteroatoms. The third-order valence-electron chi connectivity index (χ3n) is 4.91. The van der Waals surface area contributed by atoms with Gasteiger partial charge in [0.05, 0.1) is 6.61 Å². The lowest BCUT2D eigenvalue weighted by Crippen LogP contribution is -2.51. The van der Waals surface area contributed by atoms with Gasteiger partial charge in [-0.3, -0.25) is 4.79 Å². The Morgan fingerprint density at radius 2 is 1.88 bits per heavy atom. The van der Waals surface area contributed by atoms with Gasteiger partial charge in [0.15, 0.2) is 0 Å². The van der Waals surface area contributed by atoms with Crippen molar-refractivity contribution in [3.8, 4) is 0 Å². The van der Waals surface area contributed by atoms with Gasteiger partial charge in [-0.1, -0.05) is 54.6 Å². The van der Waals surface area contributed by atoms with Crippen molar-refractivity contribution in [2.24, 2.45) is 0 Å². The van der Waals surface area contributed by atoms with Crippen LogP contribution in [0.25, 0.3) is 0 Å². The Kier molecular flexibility index (Phi) is 4.32. The van der Waals surface area contributed by atoms with Crippen LogP contribution >= 0.6 is 0 Å². The van der Waals surface area contributed by atoms with Crippen LogP contribution in [0.15, 0.2) is 54.6 Å². The van der Waals surface area contributed by atoms with Crippen LogP contribution in [0.3, 0.4) is 0 Å². The van der Waals surface area contributed by atoms with Crippen LogP contribution in [0, 0.1) is 0 Å². The van der Waals surface area contributed by atoms with E-state index >= 15 is 0 Å². The van der Waals surface area contributed by atoms with Crippen molar-refractivity contribution in [3.05, 3.63) is 71.3 Å². The lowest BCUT2D eigenvalue weighted by molar-refractivity contribution is -0.146. The molecular formula is C20H22N2O2. The number of hydrogen-bond donors (Lipinski definition) is 1. The number of hydrogen-bond acceptors (Lipinski definition) is 3. The highest BCUT2D eigenvalue weighted by atomic mass is 16.5. The van der Waals surface area contributed by atoms with E-state index in [-0.39, 0.29) is 17.9 Å². The highest BCUT2D eigenvalue weighted by Crippen LogP contribution is 2.33. The molecule has 24 heavy (non-hydrogen) atoms. The summed E-state index contributed by atoms with van der Waals surface area (Å²) in [5.41, 5.74) is 3.82. The quantitative estimate of drug-likeness (QED) is 0.921. The fourth-order valence-corrected chi connectivity index (χ4v) is 3.67. The van der Waals surface area contributed by atoms with Gasteiger partial charge in [-0.05, 0) is 16.7 Å². The number of nitrogens with one attached hydrogen (secondary N) is 1. The van der Waals surface area contributed by atoms with Crippen molar-refractivity contribution in [2.45, 2.75) is 18.6 Å². The molecule has 2 heterocycles. The molecule has 124 valence electrons. The summed E-state index contributed by atoms with van der Waals surface area (Å²) >= 11 is 0. The first-order valence-corrected chi connectivity index (χ1v) is 8.57. The Morgan fingerprint density at radius 3 is 2.67 bits per heavy atom. The molecule has 2 unspecified atom stereocenters. The number of ether oxygens (including phenoxy) is 1. The maximum Gasteiger partial charge on any atom is 0.253 e. The van der Waals surface area contributed by atoms with Crippen molar-refractivity contribution < 1.29 is 9.53 Å². The van der Waals surface area contributed by atoms with Crippen molar-refractivity contribution in [2.75, 3.05) is 26.2 Å². The SMILES string of the molecule is O=C(C1CNCCO1)N1Cc2ccccc2C(c2ccccc2)C1. The van der Waals surface area contributed by atoms with Gasteiger partial charge in [-0.15, -0.1) is 0 Å². The highest BCUT2D eigenvalue weighted by Gasteiger charge is 2.33. The van der Waals surface area contributed by atoms with E-state index in [2.05, 4.69) is 47.8 Å². The fourth-order valence-electron chi connectivity index (χ4n) is 3.67. The van der Waals surface area contributed by atoms with Gasteiger partial charge in [-0.25, -0.2) is 0 Å². The van der Waals surface area contributed by atoms with Crippen LogP contribution in [-0.4, -0.2) is 43.2 Å². The van der Waals surface area contributed by atoms with E-state index in [1.165, 1.54) is 16.7 Å². The van der Waals surface area contributed by atoms with Gasteiger partial charge in [0.1, 0.15) is 6.10 Å².